The first kappa shape index (κ1) is 14.9. The van der Waals surface area contributed by atoms with E-state index in [0.29, 0.717) is 0 Å². The van der Waals surface area contributed by atoms with E-state index in [1.165, 1.54) is 30.4 Å². The van der Waals surface area contributed by atoms with Crippen molar-refractivity contribution in [2.75, 3.05) is 6.61 Å². The Morgan fingerprint density at radius 1 is 1.21 bits per heavy atom. The van der Waals surface area contributed by atoms with Crippen molar-refractivity contribution in [2.45, 2.75) is 4.90 Å². The minimum Gasteiger partial charge on any atom is -0.458 e. The molecule has 0 radical (unpaired) electrons. The molecule has 0 heterocycles. The first-order valence-corrected chi connectivity index (χ1v) is 7.03. The minimum atomic E-state index is -3.48. The highest BCUT2D eigenvalue weighted by atomic mass is 32.2. The Labute approximate surface area is 112 Å². The average molecular weight is 278 g/mol. The molecule has 0 aliphatic heterocycles. The molecule has 0 spiro atoms. The molecule has 0 N–H and O–H groups in total. The van der Waals surface area contributed by atoms with E-state index in [1.54, 1.807) is 18.2 Å². The largest absolute Gasteiger partial charge is 0.458 e. The zero-order chi connectivity index (χ0) is 14.1. The predicted octanol–water partition coefficient (Wildman–Crippen LogP) is 2.26. The van der Waals surface area contributed by atoms with Crippen molar-refractivity contribution in [1.29, 1.82) is 0 Å². The fourth-order valence-corrected chi connectivity index (χ4v) is 2.15. The molecule has 1 rings (SSSR count). The lowest BCUT2D eigenvalue weighted by Crippen LogP contribution is -1.99. The van der Waals surface area contributed by atoms with Crippen molar-refractivity contribution < 1.29 is 17.9 Å². The van der Waals surface area contributed by atoms with Gasteiger partial charge in [0.05, 0.1) is 4.90 Å². The third-order valence-corrected chi connectivity index (χ3v) is 3.46. The molecule has 0 aromatic heterocycles. The van der Waals surface area contributed by atoms with Gasteiger partial charge in [0, 0.05) is 11.5 Å². The van der Waals surface area contributed by atoms with E-state index in [2.05, 4.69) is 11.3 Å². The van der Waals surface area contributed by atoms with Gasteiger partial charge in [-0.05, 0) is 12.1 Å². The van der Waals surface area contributed by atoms with Gasteiger partial charge >= 0.3 is 5.97 Å². The van der Waals surface area contributed by atoms with Crippen LogP contribution in [0.4, 0.5) is 0 Å². The number of rotatable bonds is 6. The summed E-state index contributed by atoms with van der Waals surface area (Å²) in [7, 11) is -3.48. The van der Waals surface area contributed by atoms with Crippen LogP contribution < -0.4 is 0 Å². The molecule has 0 unspecified atom stereocenters. The molecule has 0 bridgehead atoms. The van der Waals surface area contributed by atoms with Crippen molar-refractivity contribution in [3.63, 3.8) is 0 Å². The van der Waals surface area contributed by atoms with Crippen LogP contribution in [0.25, 0.3) is 0 Å². The zero-order valence-electron chi connectivity index (χ0n) is 10.2. The number of hydrogen-bond acceptors (Lipinski definition) is 4. The summed E-state index contributed by atoms with van der Waals surface area (Å²) >= 11 is 0. The summed E-state index contributed by atoms with van der Waals surface area (Å²) in [5.74, 6) is -0.554. The van der Waals surface area contributed by atoms with E-state index in [1.807, 2.05) is 0 Å². The van der Waals surface area contributed by atoms with Gasteiger partial charge in [-0.3, -0.25) is 0 Å². The van der Waals surface area contributed by atoms with Crippen molar-refractivity contribution >= 4 is 15.8 Å². The number of benzene rings is 1. The van der Waals surface area contributed by atoms with Crippen LogP contribution in [0, 0.1) is 0 Å². The average Bonchev–Trinajstić information content (AvgIpc) is 2.42. The van der Waals surface area contributed by atoms with Crippen molar-refractivity contribution in [3.05, 3.63) is 66.6 Å². The van der Waals surface area contributed by atoms with Gasteiger partial charge in [-0.2, -0.15) is 0 Å². The molecule has 5 heteroatoms. The maximum absolute atomic E-state index is 11.8. The molecular formula is C14H14O4S. The van der Waals surface area contributed by atoms with E-state index < -0.39 is 15.8 Å². The summed E-state index contributed by atoms with van der Waals surface area (Å²) in [6.45, 7) is 3.52. The second-order valence-electron chi connectivity index (χ2n) is 3.46. The Balaban J connectivity index is 2.64. The zero-order valence-corrected chi connectivity index (χ0v) is 11.0. The van der Waals surface area contributed by atoms with Gasteiger partial charge < -0.3 is 4.74 Å². The fraction of sp³-hybridized carbons (Fsp3) is 0.0714. The van der Waals surface area contributed by atoms with Gasteiger partial charge in [-0.1, -0.05) is 43.0 Å². The molecule has 0 fully saturated rings. The standard InChI is InChI=1S/C14H14O4S/c1-2-11-18-14(15)10-6-7-12-19(16,17)13-8-4-3-5-9-13/h2-10,12H,1,11H2/b10-6+,12-7+. The number of sulfone groups is 1. The minimum absolute atomic E-state index is 0.120. The first-order chi connectivity index (χ1) is 9.06. The van der Waals surface area contributed by atoms with E-state index in [0.717, 1.165) is 11.5 Å². The summed E-state index contributed by atoms with van der Waals surface area (Å²) in [4.78, 5) is 11.3. The van der Waals surface area contributed by atoms with Crippen molar-refractivity contribution in [2.24, 2.45) is 0 Å². The highest BCUT2D eigenvalue weighted by Crippen LogP contribution is 2.10. The van der Waals surface area contributed by atoms with Crippen LogP contribution in [-0.2, 0) is 19.4 Å². The molecule has 19 heavy (non-hydrogen) atoms. The second kappa shape index (κ2) is 7.33. The Kier molecular flexibility index (Phi) is 5.75. The summed E-state index contributed by atoms with van der Waals surface area (Å²) < 4.78 is 28.3. The SMILES string of the molecule is C=CCOC(=O)/C=C/C=C/S(=O)(=O)c1ccccc1. The predicted molar refractivity (Wildman–Crippen MR) is 73.1 cm³/mol. The summed E-state index contributed by atoms with van der Waals surface area (Å²) in [5.41, 5.74) is 0. The van der Waals surface area contributed by atoms with Crippen LogP contribution in [0.1, 0.15) is 0 Å². The van der Waals surface area contributed by atoms with Crippen molar-refractivity contribution in [3.8, 4) is 0 Å². The van der Waals surface area contributed by atoms with E-state index in [-0.39, 0.29) is 11.5 Å². The lowest BCUT2D eigenvalue weighted by Gasteiger charge is -1.96. The highest BCUT2D eigenvalue weighted by molar-refractivity contribution is 7.94. The summed E-state index contributed by atoms with van der Waals surface area (Å²) in [6, 6.07) is 8.02. The number of ether oxygens (including phenoxy) is 1. The number of carbonyl (C=O) groups is 1. The quantitative estimate of drug-likeness (QED) is 0.346. The van der Waals surface area contributed by atoms with Crippen LogP contribution >= 0.6 is 0 Å². The van der Waals surface area contributed by atoms with Gasteiger partial charge in [0.25, 0.3) is 0 Å². The molecule has 0 amide bonds. The molecule has 0 aliphatic rings. The maximum atomic E-state index is 11.8. The van der Waals surface area contributed by atoms with E-state index in [4.69, 9.17) is 0 Å². The number of allylic oxidation sites excluding steroid dienone is 2. The number of esters is 1. The molecule has 100 valence electrons. The highest BCUT2D eigenvalue weighted by Gasteiger charge is 2.07. The Morgan fingerprint density at radius 3 is 2.53 bits per heavy atom. The Bertz CT molecular complexity index is 583. The fourth-order valence-electron chi connectivity index (χ4n) is 1.16. The Hall–Kier alpha value is -2.14. The molecule has 1 aromatic rings. The molecule has 1 aromatic carbocycles. The van der Waals surface area contributed by atoms with Crippen molar-refractivity contribution in [1.82, 2.24) is 0 Å². The third-order valence-electron chi connectivity index (χ3n) is 2.02. The smallest absolute Gasteiger partial charge is 0.331 e. The lowest BCUT2D eigenvalue weighted by molar-refractivity contribution is -0.136. The molecule has 0 aliphatic carbocycles. The van der Waals surface area contributed by atoms with Crippen LogP contribution in [0.2, 0.25) is 0 Å². The first-order valence-electron chi connectivity index (χ1n) is 5.49. The van der Waals surface area contributed by atoms with Gasteiger partial charge in [0.2, 0.25) is 0 Å². The van der Waals surface area contributed by atoms with Gasteiger partial charge in [-0.15, -0.1) is 0 Å². The maximum Gasteiger partial charge on any atom is 0.331 e. The van der Waals surface area contributed by atoms with Crippen LogP contribution in [-0.4, -0.2) is 21.0 Å². The molecular weight excluding hydrogens is 264 g/mol. The molecule has 0 saturated carbocycles. The Morgan fingerprint density at radius 2 is 1.89 bits per heavy atom. The normalized spacial score (nSPS) is 11.8. The lowest BCUT2D eigenvalue weighted by atomic mass is 10.4. The van der Waals surface area contributed by atoms with E-state index in [9.17, 15) is 13.2 Å². The molecule has 4 nitrogen and oxygen atoms in total. The summed E-state index contributed by atoms with van der Waals surface area (Å²) in [5, 5.41) is 1.03. The van der Waals surface area contributed by atoms with Crippen LogP contribution in [0.5, 0.6) is 0 Å². The summed E-state index contributed by atoms with van der Waals surface area (Å²) in [6.07, 6.45) is 5.17. The number of carbonyl (C=O) groups excluding carboxylic acids is 1. The van der Waals surface area contributed by atoms with Gasteiger partial charge in [-0.25, -0.2) is 13.2 Å². The van der Waals surface area contributed by atoms with Gasteiger partial charge in [0.15, 0.2) is 9.84 Å². The second-order valence-corrected chi connectivity index (χ2v) is 5.30. The van der Waals surface area contributed by atoms with Crippen LogP contribution in [0.3, 0.4) is 0 Å². The topological polar surface area (TPSA) is 60.4 Å². The molecule has 0 atom stereocenters. The van der Waals surface area contributed by atoms with Crippen LogP contribution in [0.15, 0.2) is 71.5 Å². The molecule has 0 saturated heterocycles. The van der Waals surface area contributed by atoms with Gasteiger partial charge in [0.1, 0.15) is 6.61 Å². The third kappa shape index (κ3) is 5.35. The number of hydrogen-bond donors (Lipinski definition) is 0. The van der Waals surface area contributed by atoms with E-state index >= 15 is 0 Å². The monoisotopic (exact) mass is 278 g/mol.